The van der Waals surface area contributed by atoms with Crippen LogP contribution in [0.5, 0.6) is 5.75 Å². The van der Waals surface area contributed by atoms with E-state index in [0.717, 1.165) is 9.88 Å². The lowest BCUT2D eigenvalue weighted by Gasteiger charge is -2.14. The van der Waals surface area contributed by atoms with Crippen LogP contribution in [0.4, 0.5) is 4.39 Å². The minimum Gasteiger partial charge on any atom is -0.488 e. The topological polar surface area (TPSA) is 51.2 Å². The Hall–Kier alpha value is -2.21. The van der Waals surface area contributed by atoms with Crippen molar-refractivity contribution >= 4 is 23.3 Å². The third kappa shape index (κ3) is 4.96. The molecule has 0 spiro atoms. The van der Waals surface area contributed by atoms with Crippen molar-refractivity contribution in [3.8, 4) is 5.75 Å². The third-order valence-corrected chi connectivity index (χ3v) is 3.63. The second-order valence-corrected chi connectivity index (χ2v) is 6.03. The molecule has 116 valence electrons. The summed E-state index contributed by atoms with van der Waals surface area (Å²) in [5.74, 6) is -0.462. The molecule has 1 unspecified atom stereocenters. The number of hydrogen-bond donors (Lipinski definition) is 1. The Morgan fingerprint density at radius 1 is 1.50 bits per heavy atom. The quantitative estimate of drug-likeness (QED) is 0.832. The molecule has 1 aromatic heterocycles. The number of carbonyl (C=O) groups excluding carboxylic acids is 1. The van der Waals surface area contributed by atoms with Crippen LogP contribution < -0.4 is 10.1 Å². The number of aromatic nitrogens is 1. The van der Waals surface area contributed by atoms with E-state index in [1.165, 1.54) is 23.5 Å². The molecule has 0 saturated carbocycles. The zero-order chi connectivity index (χ0) is 15.9. The molecule has 6 heteroatoms. The minimum atomic E-state index is -0.415. The van der Waals surface area contributed by atoms with Crippen LogP contribution in [0.15, 0.2) is 36.5 Å². The van der Waals surface area contributed by atoms with Crippen LogP contribution in [0.1, 0.15) is 16.8 Å². The van der Waals surface area contributed by atoms with Gasteiger partial charge in [-0.2, -0.15) is 0 Å². The van der Waals surface area contributed by atoms with Crippen LogP contribution in [-0.4, -0.2) is 23.5 Å². The van der Waals surface area contributed by atoms with E-state index in [2.05, 4.69) is 10.3 Å². The van der Waals surface area contributed by atoms with Crippen molar-refractivity contribution in [1.82, 2.24) is 10.3 Å². The summed E-state index contributed by atoms with van der Waals surface area (Å²) in [5, 5.41) is 3.71. The van der Waals surface area contributed by atoms with E-state index in [9.17, 15) is 9.18 Å². The Kier molecular flexibility index (Phi) is 5.66. The van der Waals surface area contributed by atoms with Crippen molar-refractivity contribution in [1.29, 1.82) is 0 Å². The fourth-order valence-corrected chi connectivity index (χ4v) is 2.41. The van der Waals surface area contributed by atoms with Gasteiger partial charge >= 0.3 is 0 Å². The molecule has 1 amide bonds. The van der Waals surface area contributed by atoms with Crippen molar-refractivity contribution in [2.24, 2.45) is 0 Å². The van der Waals surface area contributed by atoms with Crippen LogP contribution in [0.2, 0.25) is 0 Å². The highest BCUT2D eigenvalue weighted by molar-refractivity contribution is 7.12. The summed E-state index contributed by atoms with van der Waals surface area (Å²) in [6.07, 6.45) is 4.88. The Labute approximate surface area is 132 Å². The molecular formula is C16H17FN2O2S. The lowest BCUT2D eigenvalue weighted by Crippen LogP contribution is -2.35. The normalized spacial score (nSPS) is 12.3. The summed E-state index contributed by atoms with van der Waals surface area (Å²) in [6.45, 7) is 3.90. The zero-order valence-electron chi connectivity index (χ0n) is 12.4. The van der Waals surface area contributed by atoms with E-state index in [1.807, 2.05) is 6.92 Å². The molecule has 1 heterocycles. The van der Waals surface area contributed by atoms with Gasteiger partial charge in [-0.05, 0) is 32.1 Å². The maximum absolute atomic E-state index is 13.4. The van der Waals surface area contributed by atoms with Gasteiger partial charge in [0.15, 0.2) is 11.6 Å². The van der Waals surface area contributed by atoms with Gasteiger partial charge in [0.25, 0.3) is 0 Å². The van der Waals surface area contributed by atoms with Crippen LogP contribution in [0.3, 0.4) is 0 Å². The van der Waals surface area contributed by atoms with E-state index in [1.54, 1.807) is 37.4 Å². The van der Waals surface area contributed by atoms with Crippen LogP contribution in [0, 0.1) is 12.7 Å². The van der Waals surface area contributed by atoms with Gasteiger partial charge in [-0.1, -0.05) is 12.1 Å². The maximum Gasteiger partial charge on any atom is 0.244 e. The van der Waals surface area contributed by atoms with Crippen molar-refractivity contribution in [3.05, 3.63) is 52.2 Å². The summed E-state index contributed by atoms with van der Waals surface area (Å²) in [5.41, 5.74) is 0. The molecule has 0 fully saturated rings. The van der Waals surface area contributed by atoms with Gasteiger partial charge in [-0.15, -0.1) is 11.3 Å². The van der Waals surface area contributed by atoms with Crippen LogP contribution in [0.25, 0.3) is 6.08 Å². The summed E-state index contributed by atoms with van der Waals surface area (Å²) in [4.78, 5) is 16.8. The number of para-hydroxylation sites is 1. The monoisotopic (exact) mass is 320 g/mol. The number of halogens is 1. The number of benzene rings is 1. The summed E-state index contributed by atoms with van der Waals surface area (Å²) in [6, 6.07) is 5.94. The molecular weight excluding hydrogens is 303 g/mol. The molecule has 0 aliphatic heterocycles. The predicted octanol–water partition coefficient (Wildman–Crippen LogP) is 3.19. The number of carbonyl (C=O) groups is 1. The molecule has 0 aliphatic carbocycles. The summed E-state index contributed by atoms with van der Waals surface area (Å²) >= 11 is 1.51. The zero-order valence-corrected chi connectivity index (χ0v) is 13.2. The molecule has 2 aromatic rings. The lowest BCUT2D eigenvalue weighted by molar-refractivity contribution is -0.117. The number of thiazole rings is 1. The van der Waals surface area contributed by atoms with Gasteiger partial charge in [0.2, 0.25) is 5.91 Å². The molecule has 2 rings (SSSR count). The number of amides is 1. The minimum absolute atomic E-state index is 0.180. The highest BCUT2D eigenvalue weighted by Crippen LogP contribution is 2.15. The number of ether oxygens (including phenoxy) is 1. The van der Waals surface area contributed by atoms with Gasteiger partial charge in [-0.25, -0.2) is 9.37 Å². The molecule has 1 aromatic carbocycles. The van der Waals surface area contributed by atoms with E-state index in [-0.39, 0.29) is 24.3 Å². The molecule has 1 atom stereocenters. The fourth-order valence-electron chi connectivity index (χ4n) is 1.72. The summed E-state index contributed by atoms with van der Waals surface area (Å²) < 4.78 is 18.7. The van der Waals surface area contributed by atoms with Gasteiger partial charge < -0.3 is 10.1 Å². The average molecular weight is 320 g/mol. The standard InChI is InChI=1S/C16H17FN2O2S/c1-11(10-21-15-6-4-3-5-14(15)17)19-16(20)8-7-13-9-18-12(2)22-13/h3-9,11H,10H2,1-2H3,(H,19,20)/b8-7+. The molecule has 0 saturated heterocycles. The van der Waals surface area contributed by atoms with Gasteiger partial charge in [0, 0.05) is 17.2 Å². The van der Waals surface area contributed by atoms with Crippen LogP contribution >= 0.6 is 11.3 Å². The van der Waals surface area contributed by atoms with E-state index in [4.69, 9.17) is 4.74 Å². The Bertz CT molecular complexity index is 670. The molecule has 22 heavy (non-hydrogen) atoms. The maximum atomic E-state index is 13.4. The largest absolute Gasteiger partial charge is 0.488 e. The molecule has 0 bridgehead atoms. The van der Waals surface area contributed by atoms with Gasteiger partial charge in [0.05, 0.1) is 11.0 Å². The third-order valence-electron chi connectivity index (χ3n) is 2.75. The molecule has 0 radical (unpaired) electrons. The van der Waals surface area contributed by atoms with E-state index < -0.39 is 5.82 Å². The van der Waals surface area contributed by atoms with Crippen molar-refractivity contribution < 1.29 is 13.9 Å². The Morgan fingerprint density at radius 2 is 2.27 bits per heavy atom. The van der Waals surface area contributed by atoms with Gasteiger partial charge in [-0.3, -0.25) is 4.79 Å². The highest BCUT2D eigenvalue weighted by atomic mass is 32.1. The molecule has 1 N–H and O–H groups in total. The van der Waals surface area contributed by atoms with E-state index >= 15 is 0 Å². The van der Waals surface area contributed by atoms with Crippen molar-refractivity contribution in [2.45, 2.75) is 19.9 Å². The molecule has 4 nitrogen and oxygen atoms in total. The van der Waals surface area contributed by atoms with Crippen molar-refractivity contribution in [2.75, 3.05) is 6.61 Å². The smallest absolute Gasteiger partial charge is 0.244 e. The average Bonchev–Trinajstić information content (AvgIpc) is 2.90. The predicted molar refractivity (Wildman–Crippen MR) is 85.4 cm³/mol. The van der Waals surface area contributed by atoms with Gasteiger partial charge in [0.1, 0.15) is 6.61 Å². The van der Waals surface area contributed by atoms with Crippen molar-refractivity contribution in [3.63, 3.8) is 0 Å². The first-order chi connectivity index (χ1) is 10.5. The first-order valence-electron chi connectivity index (χ1n) is 6.83. The lowest BCUT2D eigenvalue weighted by atomic mass is 10.3. The number of hydrogen-bond acceptors (Lipinski definition) is 4. The fraction of sp³-hybridized carbons (Fsp3) is 0.250. The van der Waals surface area contributed by atoms with E-state index in [0.29, 0.717) is 0 Å². The number of aryl methyl sites for hydroxylation is 1. The second kappa shape index (κ2) is 7.70. The van der Waals surface area contributed by atoms with Crippen LogP contribution in [-0.2, 0) is 4.79 Å². The first kappa shape index (κ1) is 16.2. The first-order valence-corrected chi connectivity index (χ1v) is 7.64. The summed E-state index contributed by atoms with van der Waals surface area (Å²) in [7, 11) is 0. The number of nitrogens with zero attached hydrogens (tertiary/aromatic N) is 1. The number of nitrogens with one attached hydrogen (secondary N) is 1. The Balaban J connectivity index is 1.79. The number of rotatable bonds is 6. The Morgan fingerprint density at radius 3 is 2.95 bits per heavy atom. The SMILES string of the molecule is Cc1ncc(/C=C/C(=O)NC(C)COc2ccccc2F)s1. The highest BCUT2D eigenvalue weighted by Gasteiger charge is 2.08. The molecule has 0 aliphatic rings. The second-order valence-electron chi connectivity index (χ2n) is 4.77.